The lowest BCUT2D eigenvalue weighted by Gasteiger charge is -2.38. The van der Waals surface area contributed by atoms with Gasteiger partial charge in [0.15, 0.2) is 0 Å². The zero-order chi connectivity index (χ0) is 17.1. The van der Waals surface area contributed by atoms with Crippen molar-refractivity contribution in [2.45, 2.75) is 45.2 Å². The van der Waals surface area contributed by atoms with Crippen molar-refractivity contribution < 1.29 is 14.3 Å². The molecule has 2 heterocycles. The number of rotatable bonds is 3. The maximum atomic E-state index is 12.3. The monoisotopic (exact) mass is 332 g/mol. The first kappa shape index (κ1) is 16.6. The second-order valence-electron chi connectivity index (χ2n) is 6.42. The number of hydrogen-bond acceptors (Lipinski definition) is 4. The van der Waals surface area contributed by atoms with Crippen LogP contribution in [-0.4, -0.2) is 42.4 Å². The van der Waals surface area contributed by atoms with Crippen molar-refractivity contribution in [2.24, 2.45) is 0 Å². The minimum Gasteiger partial charge on any atom is -0.447 e. The van der Waals surface area contributed by atoms with E-state index in [1.54, 1.807) is 17.0 Å². The Hall–Kier alpha value is -2.28. The number of anilines is 2. The Bertz CT molecular complexity index is 612. The molecule has 0 bridgehead atoms. The van der Waals surface area contributed by atoms with E-state index in [0.29, 0.717) is 30.9 Å². The zero-order valence-corrected chi connectivity index (χ0v) is 14.1. The van der Waals surface area contributed by atoms with Crippen molar-refractivity contribution in [2.75, 3.05) is 23.4 Å². The van der Waals surface area contributed by atoms with Crippen LogP contribution in [0.1, 0.15) is 33.1 Å². The molecule has 0 spiro atoms. The van der Waals surface area contributed by atoms with E-state index in [9.17, 15) is 9.59 Å². The summed E-state index contributed by atoms with van der Waals surface area (Å²) >= 11 is 0. The van der Waals surface area contributed by atoms with Gasteiger partial charge in [-0.1, -0.05) is 12.5 Å². The summed E-state index contributed by atoms with van der Waals surface area (Å²) in [5, 5.41) is 4.85. The van der Waals surface area contributed by atoms with E-state index in [-0.39, 0.29) is 12.1 Å². The second-order valence-corrected chi connectivity index (χ2v) is 6.42. The van der Waals surface area contributed by atoms with Crippen molar-refractivity contribution >= 4 is 23.5 Å². The second kappa shape index (κ2) is 7.09. The summed E-state index contributed by atoms with van der Waals surface area (Å²) in [4.78, 5) is 25.5. The zero-order valence-electron chi connectivity index (χ0n) is 14.1. The maximum absolute atomic E-state index is 12.3. The number of nitrogens with one attached hydrogen (secondary N) is 2. The molecule has 0 saturated carbocycles. The van der Waals surface area contributed by atoms with Crippen LogP contribution in [0.2, 0.25) is 0 Å². The van der Waals surface area contributed by atoms with Gasteiger partial charge in [0.05, 0.1) is 6.54 Å². The molecule has 1 aromatic rings. The van der Waals surface area contributed by atoms with Gasteiger partial charge >= 0.3 is 12.1 Å². The minimum absolute atomic E-state index is 0.267. The minimum atomic E-state index is -0.354. The van der Waals surface area contributed by atoms with Gasteiger partial charge in [-0.3, -0.25) is 10.3 Å². The third-order valence-corrected chi connectivity index (χ3v) is 4.60. The maximum Gasteiger partial charge on any atom is 0.414 e. The fourth-order valence-electron chi connectivity index (χ4n) is 3.30. The molecule has 0 radical (unpaired) electrons. The Morgan fingerprint density at radius 3 is 2.67 bits per heavy atom. The molecule has 2 N–H and O–H groups in total. The van der Waals surface area contributed by atoms with Crippen LogP contribution in [0.3, 0.4) is 0 Å². The Kier molecular flexibility index (Phi) is 4.89. The number of carbonyl (C=O) groups excluding carboxylic acids is 2. The van der Waals surface area contributed by atoms with E-state index in [0.717, 1.165) is 18.5 Å². The van der Waals surface area contributed by atoms with E-state index in [2.05, 4.69) is 24.6 Å². The molecule has 0 unspecified atom stereocenters. The Balaban J connectivity index is 1.63. The largest absolute Gasteiger partial charge is 0.447 e. The van der Waals surface area contributed by atoms with Crippen molar-refractivity contribution in [3.63, 3.8) is 0 Å². The number of hydrazine groups is 1. The number of nitrogens with zero attached hydrogens (tertiary/aromatic N) is 2. The highest BCUT2D eigenvalue weighted by Crippen LogP contribution is 2.23. The van der Waals surface area contributed by atoms with Crippen LogP contribution in [0.25, 0.3) is 0 Å². The molecule has 1 aromatic carbocycles. The van der Waals surface area contributed by atoms with Crippen molar-refractivity contribution in [1.82, 2.24) is 10.4 Å². The van der Waals surface area contributed by atoms with E-state index in [4.69, 9.17) is 4.74 Å². The van der Waals surface area contributed by atoms with Crippen LogP contribution >= 0.6 is 0 Å². The van der Waals surface area contributed by atoms with Gasteiger partial charge in [-0.25, -0.2) is 14.6 Å². The highest BCUT2D eigenvalue weighted by Gasteiger charge is 2.26. The number of piperidine rings is 1. The standard InChI is InChI=1S/C17H24N4O3/c1-12-5-3-6-13(2)21(12)19-16(22)18-14-7-4-8-15(11-14)20-9-10-24-17(20)23/h4,7-8,11-13H,3,5-6,9-10H2,1-2H3,(H2,18,19,22)/t12-,13-/m0/s1. The van der Waals surface area contributed by atoms with Gasteiger partial charge in [-0.05, 0) is 44.9 Å². The molecule has 24 heavy (non-hydrogen) atoms. The molecule has 0 aromatic heterocycles. The van der Waals surface area contributed by atoms with E-state index in [1.807, 2.05) is 17.1 Å². The Labute approximate surface area is 141 Å². The van der Waals surface area contributed by atoms with Gasteiger partial charge in [0, 0.05) is 23.5 Å². The van der Waals surface area contributed by atoms with E-state index >= 15 is 0 Å². The van der Waals surface area contributed by atoms with Gasteiger partial charge in [0.2, 0.25) is 0 Å². The molecule has 3 rings (SSSR count). The van der Waals surface area contributed by atoms with Crippen molar-refractivity contribution in [1.29, 1.82) is 0 Å². The summed E-state index contributed by atoms with van der Waals surface area (Å²) in [5.74, 6) is 0. The van der Waals surface area contributed by atoms with Crippen molar-refractivity contribution in [3.05, 3.63) is 24.3 Å². The molecule has 2 aliphatic rings. The van der Waals surface area contributed by atoms with Crippen LogP contribution < -0.4 is 15.6 Å². The first-order valence-corrected chi connectivity index (χ1v) is 8.45. The fourth-order valence-corrected chi connectivity index (χ4v) is 3.30. The molecular formula is C17H24N4O3. The Morgan fingerprint density at radius 2 is 2.00 bits per heavy atom. The predicted octanol–water partition coefficient (Wildman–Crippen LogP) is 2.94. The van der Waals surface area contributed by atoms with Gasteiger partial charge in [0.1, 0.15) is 6.61 Å². The van der Waals surface area contributed by atoms with Crippen LogP contribution in [0.4, 0.5) is 21.0 Å². The number of carbonyl (C=O) groups is 2. The van der Waals surface area contributed by atoms with Crippen LogP contribution in [-0.2, 0) is 4.74 Å². The highest BCUT2D eigenvalue weighted by molar-refractivity contribution is 5.92. The predicted molar refractivity (Wildman–Crippen MR) is 91.9 cm³/mol. The third-order valence-electron chi connectivity index (χ3n) is 4.60. The quantitative estimate of drug-likeness (QED) is 0.892. The normalized spacial score (nSPS) is 24.6. The first-order chi connectivity index (χ1) is 11.5. The number of benzene rings is 1. The number of urea groups is 1. The summed E-state index contributed by atoms with van der Waals surface area (Å²) in [5.41, 5.74) is 4.30. The number of cyclic esters (lactones) is 1. The van der Waals surface area contributed by atoms with Gasteiger partial charge in [-0.2, -0.15) is 0 Å². The fraction of sp³-hybridized carbons (Fsp3) is 0.529. The van der Waals surface area contributed by atoms with Gasteiger partial charge < -0.3 is 10.1 Å². The lowest BCUT2D eigenvalue weighted by Crippen LogP contribution is -2.55. The van der Waals surface area contributed by atoms with Crippen molar-refractivity contribution in [3.8, 4) is 0 Å². The molecular weight excluding hydrogens is 308 g/mol. The summed E-state index contributed by atoms with van der Waals surface area (Å²) in [6.07, 6.45) is 3.00. The summed E-state index contributed by atoms with van der Waals surface area (Å²) in [6.45, 7) is 5.16. The lowest BCUT2D eigenvalue weighted by molar-refractivity contribution is 0.0625. The number of ether oxygens (including phenoxy) is 1. The molecule has 2 atom stereocenters. The molecule has 0 aliphatic carbocycles. The molecule has 7 heteroatoms. The summed E-state index contributed by atoms with van der Waals surface area (Å²) in [7, 11) is 0. The Morgan fingerprint density at radius 1 is 1.25 bits per heavy atom. The van der Waals surface area contributed by atoms with Gasteiger partial charge in [0.25, 0.3) is 0 Å². The molecule has 2 fully saturated rings. The smallest absolute Gasteiger partial charge is 0.414 e. The summed E-state index contributed by atoms with van der Waals surface area (Å²) in [6, 6.07) is 7.59. The SMILES string of the molecule is C[C@H]1CCC[C@H](C)N1NC(=O)Nc1cccc(N2CCOC2=O)c1. The molecule has 130 valence electrons. The summed E-state index contributed by atoms with van der Waals surface area (Å²) < 4.78 is 4.95. The number of amides is 3. The lowest BCUT2D eigenvalue weighted by atomic mass is 10.00. The van der Waals surface area contributed by atoms with E-state index in [1.165, 1.54) is 6.42 Å². The first-order valence-electron chi connectivity index (χ1n) is 8.45. The number of hydrogen-bond donors (Lipinski definition) is 2. The highest BCUT2D eigenvalue weighted by atomic mass is 16.6. The van der Waals surface area contributed by atoms with Crippen LogP contribution in [0, 0.1) is 0 Å². The molecule has 3 amide bonds. The molecule has 2 aliphatic heterocycles. The van der Waals surface area contributed by atoms with Crippen LogP contribution in [0.5, 0.6) is 0 Å². The van der Waals surface area contributed by atoms with Gasteiger partial charge in [-0.15, -0.1) is 0 Å². The van der Waals surface area contributed by atoms with Crippen LogP contribution in [0.15, 0.2) is 24.3 Å². The third kappa shape index (κ3) is 3.62. The molecule has 2 saturated heterocycles. The van der Waals surface area contributed by atoms with E-state index < -0.39 is 0 Å². The topological polar surface area (TPSA) is 73.9 Å². The molecule has 7 nitrogen and oxygen atoms in total. The average Bonchev–Trinajstić information content (AvgIpc) is 2.97. The average molecular weight is 332 g/mol.